The number of aromatic carboxylic acids is 1. The quantitative estimate of drug-likeness (QED) is 0.451. The van der Waals surface area contributed by atoms with Gasteiger partial charge < -0.3 is 24.1 Å². The van der Waals surface area contributed by atoms with Crippen molar-refractivity contribution in [3.8, 4) is 0 Å². The molecule has 1 saturated heterocycles. The molecule has 1 fully saturated rings. The zero-order chi connectivity index (χ0) is 22.4. The highest BCUT2D eigenvalue weighted by Gasteiger charge is 2.23. The number of carboxylic acids is 1. The van der Waals surface area contributed by atoms with Crippen LogP contribution in [0.1, 0.15) is 28.8 Å². The number of fused-ring (bicyclic) bond motifs is 2. The SMILES string of the molecule is Cc1c(C(=O)O)c(=O)oc2cc3c(cc12)nc(Nc1ccccc1F)n3CC1CCCO1. The number of hydrogen-bond donors (Lipinski definition) is 2. The van der Waals surface area contributed by atoms with E-state index < -0.39 is 23.0 Å². The minimum atomic E-state index is -1.34. The van der Waals surface area contributed by atoms with Crippen molar-refractivity contribution >= 4 is 39.6 Å². The van der Waals surface area contributed by atoms with E-state index in [2.05, 4.69) is 10.3 Å². The normalized spacial score (nSPS) is 16.1. The van der Waals surface area contributed by atoms with Crippen molar-refractivity contribution in [3.63, 3.8) is 0 Å². The molecule has 1 unspecified atom stereocenters. The molecule has 0 bridgehead atoms. The molecule has 1 aliphatic heterocycles. The highest BCUT2D eigenvalue weighted by Crippen LogP contribution is 2.31. The average molecular weight is 437 g/mol. The van der Waals surface area contributed by atoms with Crippen LogP contribution in [0.5, 0.6) is 0 Å². The second-order valence-electron chi connectivity index (χ2n) is 7.82. The van der Waals surface area contributed by atoms with Crippen LogP contribution in [-0.2, 0) is 11.3 Å². The first-order valence-corrected chi connectivity index (χ1v) is 10.3. The number of nitrogens with one attached hydrogen (secondary N) is 1. The summed E-state index contributed by atoms with van der Waals surface area (Å²) in [5, 5.41) is 12.9. The van der Waals surface area contributed by atoms with Gasteiger partial charge in [0, 0.05) is 18.1 Å². The third kappa shape index (κ3) is 3.40. The minimum absolute atomic E-state index is 0.0209. The molecule has 8 nitrogen and oxygen atoms in total. The summed E-state index contributed by atoms with van der Waals surface area (Å²) in [6.45, 7) is 2.73. The minimum Gasteiger partial charge on any atom is -0.477 e. The lowest BCUT2D eigenvalue weighted by Gasteiger charge is -2.15. The van der Waals surface area contributed by atoms with E-state index in [9.17, 15) is 19.1 Å². The van der Waals surface area contributed by atoms with E-state index in [1.54, 1.807) is 37.3 Å². The number of imidazole rings is 1. The van der Waals surface area contributed by atoms with Crippen LogP contribution >= 0.6 is 0 Å². The molecule has 9 heteroatoms. The van der Waals surface area contributed by atoms with Gasteiger partial charge in [0.25, 0.3) is 0 Å². The summed E-state index contributed by atoms with van der Waals surface area (Å²) in [4.78, 5) is 28.4. The Morgan fingerprint density at radius 3 is 2.88 bits per heavy atom. The van der Waals surface area contributed by atoms with E-state index in [4.69, 9.17) is 9.15 Å². The van der Waals surface area contributed by atoms with Gasteiger partial charge in [0.05, 0.1) is 29.4 Å². The van der Waals surface area contributed by atoms with Gasteiger partial charge in [0.2, 0.25) is 5.95 Å². The molecule has 5 rings (SSSR count). The van der Waals surface area contributed by atoms with E-state index in [0.29, 0.717) is 41.1 Å². The Morgan fingerprint density at radius 2 is 2.16 bits per heavy atom. The highest BCUT2D eigenvalue weighted by atomic mass is 19.1. The molecule has 2 aromatic heterocycles. The number of nitrogens with zero attached hydrogens (tertiary/aromatic N) is 2. The molecule has 2 N–H and O–H groups in total. The van der Waals surface area contributed by atoms with E-state index in [0.717, 1.165) is 12.8 Å². The predicted octanol–water partition coefficient (Wildman–Crippen LogP) is 4.21. The van der Waals surface area contributed by atoms with Crippen LogP contribution in [0.2, 0.25) is 0 Å². The third-order valence-corrected chi connectivity index (χ3v) is 5.78. The van der Waals surface area contributed by atoms with Crippen molar-refractivity contribution < 1.29 is 23.4 Å². The number of carboxylic acid groups (broad SMARTS) is 1. The second kappa shape index (κ2) is 7.76. The Labute approximate surface area is 181 Å². The second-order valence-corrected chi connectivity index (χ2v) is 7.82. The van der Waals surface area contributed by atoms with Crippen molar-refractivity contribution in [1.82, 2.24) is 9.55 Å². The topological polar surface area (TPSA) is 107 Å². The number of carbonyl (C=O) groups is 1. The maximum absolute atomic E-state index is 14.3. The van der Waals surface area contributed by atoms with E-state index >= 15 is 0 Å². The monoisotopic (exact) mass is 437 g/mol. The lowest BCUT2D eigenvalue weighted by molar-refractivity contribution is 0.0691. The first kappa shape index (κ1) is 20.2. The summed E-state index contributed by atoms with van der Waals surface area (Å²) in [5.41, 5.74) is 0.757. The van der Waals surface area contributed by atoms with Gasteiger partial charge in [-0.15, -0.1) is 0 Å². The maximum atomic E-state index is 14.3. The molecule has 3 heterocycles. The lowest BCUT2D eigenvalue weighted by Crippen LogP contribution is -2.17. The molecule has 0 amide bonds. The summed E-state index contributed by atoms with van der Waals surface area (Å²) < 4.78 is 27.3. The number of aryl methyl sites for hydroxylation is 1. The molecular formula is C23H20FN3O5. The van der Waals surface area contributed by atoms with Gasteiger partial charge in [-0.3, -0.25) is 0 Å². The summed E-state index contributed by atoms with van der Waals surface area (Å²) in [7, 11) is 0. The Bertz CT molecular complexity index is 1420. The van der Waals surface area contributed by atoms with Crippen LogP contribution < -0.4 is 10.9 Å². The van der Waals surface area contributed by atoms with Crippen molar-refractivity contribution in [1.29, 1.82) is 0 Å². The Balaban J connectivity index is 1.71. The Kier molecular flexibility index (Phi) is 4.90. The van der Waals surface area contributed by atoms with Crippen LogP contribution in [-0.4, -0.2) is 33.3 Å². The number of rotatable bonds is 5. The largest absolute Gasteiger partial charge is 0.477 e. The fourth-order valence-electron chi connectivity index (χ4n) is 4.17. The third-order valence-electron chi connectivity index (χ3n) is 5.78. The Hall–Kier alpha value is -3.72. The number of ether oxygens (including phenoxy) is 1. The van der Waals surface area contributed by atoms with E-state index in [-0.39, 0.29) is 17.4 Å². The van der Waals surface area contributed by atoms with Crippen molar-refractivity contribution in [2.45, 2.75) is 32.4 Å². The highest BCUT2D eigenvalue weighted by molar-refractivity contribution is 5.99. The number of anilines is 2. The maximum Gasteiger partial charge on any atom is 0.351 e. The van der Waals surface area contributed by atoms with E-state index in [1.807, 2.05) is 4.57 Å². The average Bonchev–Trinajstić information content (AvgIpc) is 3.37. The van der Waals surface area contributed by atoms with Crippen LogP contribution in [0, 0.1) is 12.7 Å². The molecule has 0 radical (unpaired) electrons. The van der Waals surface area contributed by atoms with Crippen LogP contribution in [0.3, 0.4) is 0 Å². The fourth-order valence-corrected chi connectivity index (χ4v) is 4.17. The lowest BCUT2D eigenvalue weighted by atomic mass is 10.1. The Morgan fingerprint density at radius 1 is 1.34 bits per heavy atom. The van der Waals surface area contributed by atoms with E-state index in [1.165, 1.54) is 6.07 Å². The molecule has 2 aromatic carbocycles. The standard InChI is InChI=1S/C23H20FN3O5/c1-12-14-9-17-18(10-19(14)32-22(30)20(12)21(28)29)27(11-13-5-4-8-31-13)23(26-17)25-16-7-3-2-6-15(16)24/h2-3,6-7,9-10,13H,4-5,8,11H2,1H3,(H,25,26)(H,28,29). The smallest absolute Gasteiger partial charge is 0.351 e. The number of halogens is 1. The van der Waals surface area contributed by atoms with Gasteiger partial charge in [0.15, 0.2) is 0 Å². The summed E-state index contributed by atoms with van der Waals surface area (Å²) in [5.74, 6) is -1.35. The van der Waals surface area contributed by atoms with Crippen LogP contribution in [0.25, 0.3) is 22.0 Å². The van der Waals surface area contributed by atoms with Gasteiger partial charge in [0.1, 0.15) is 17.0 Å². The van der Waals surface area contributed by atoms with Gasteiger partial charge >= 0.3 is 11.6 Å². The molecular weight excluding hydrogens is 417 g/mol. The molecule has 4 aromatic rings. The van der Waals surface area contributed by atoms with Crippen LogP contribution in [0.4, 0.5) is 16.0 Å². The molecule has 0 spiro atoms. The molecule has 1 atom stereocenters. The summed E-state index contributed by atoms with van der Waals surface area (Å²) in [6, 6.07) is 9.65. The van der Waals surface area contributed by atoms with Crippen molar-refractivity contribution in [2.24, 2.45) is 0 Å². The zero-order valence-corrected chi connectivity index (χ0v) is 17.2. The zero-order valence-electron chi connectivity index (χ0n) is 17.2. The summed E-state index contributed by atoms with van der Waals surface area (Å²) in [6.07, 6.45) is 1.83. The summed E-state index contributed by atoms with van der Waals surface area (Å²) >= 11 is 0. The molecule has 0 aliphatic carbocycles. The number of para-hydroxylation sites is 1. The predicted molar refractivity (Wildman–Crippen MR) is 116 cm³/mol. The number of aromatic nitrogens is 2. The number of hydrogen-bond acceptors (Lipinski definition) is 6. The van der Waals surface area contributed by atoms with Gasteiger partial charge in [-0.05, 0) is 43.5 Å². The van der Waals surface area contributed by atoms with Crippen molar-refractivity contribution in [3.05, 3.63) is 63.8 Å². The molecule has 32 heavy (non-hydrogen) atoms. The van der Waals surface area contributed by atoms with Crippen LogP contribution in [0.15, 0.2) is 45.6 Å². The van der Waals surface area contributed by atoms with Gasteiger partial charge in [-0.1, -0.05) is 12.1 Å². The first-order chi connectivity index (χ1) is 15.4. The molecule has 0 saturated carbocycles. The first-order valence-electron chi connectivity index (χ1n) is 10.3. The number of benzene rings is 2. The van der Waals surface area contributed by atoms with Gasteiger partial charge in [-0.2, -0.15) is 0 Å². The van der Waals surface area contributed by atoms with Gasteiger partial charge in [-0.25, -0.2) is 19.0 Å². The fraction of sp³-hybridized carbons (Fsp3) is 0.261. The molecule has 164 valence electrons. The molecule has 1 aliphatic rings. The van der Waals surface area contributed by atoms with Crippen molar-refractivity contribution in [2.75, 3.05) is 11.9 Å².